The summed E-state index contributed by atoms with van der Waals surface area (Å²) in [5, 5.41) is 21.6. The smallest absolute Gasteiger partial charge is 0.287 e. The van der Waals surface area contributed by atoms with Crippen LogP contribution in [0.15, 0.2) is 48.7 Å². The average Bonchev–Trinajstić information content (AvgIpc) is 2.96. The van der Waals surface area contributed by atoms with Gasteiger partial charge in [-0.15, -0.1) is 0 Å². The minimum Gasteiger partial charge on any atom is -0.387 e. The molecule has 1 atom stereocenters. The van der Waals surface area contributed by atoms with Crippen LogP contribution >= 0.6 is 0 Å². The molecule has 0 radical (unpaired) electrons. The van der Waals surface area contributed by atoms with Gasteiger partial charge in [0.25, 0.3) is 5.69 Å². The van der Waals surface area contributed by atoms with Gasteiger partial charge in [0, 0.05) is 39.3 Å². The molecule has 0 amide bonds. The minimum atomic E-state index is -0.813. The molecule has 1 aromatic heterocycles. The van der Waals surface area contributed by atoms with Gasteiger partial charge in [0.15, 0.2) is 0 Å². The number of benzene rings is 1. The van der Waals surface area contributed by atoms with E-state index in [1.165, 1.54) is 17.8 Å². The maximum absolute atomic E-state index is 10.9. The maximum atomic E-state index is 10.9. The van der Waals surface area contributed by atoms with Crippen LogP contribution in [0.2, 0.25) is 0 Å². The molecule has 7 nitrogen and oxygen atoms in total. The first-order valence-electron chi connectivity index (χ1n) is 8.25. The van der Waals surface area contributed by atoms with E-state index in [1.54, 1.807) is 6.07 Å². The van der Waals surface area contributed by atoms with Crippen molar-refractivity contribution < 1.29 is 10.0 Å². The number of nitrogens with zero attached hydrogens (tertiary/aromatic N) is 4. The third kappa shape index (κ3) is 4.32. The molecule has 3 rings (SSSR count). The van der Waals surface area contributed by atoms with Crippen molar-refractivity contribution in [1.82, 2.24) is 9.88 Å². The van der Waals surface area contributed by atoms with Crippen LogP contribution in [-0.4, -0.2) is 52.2 Å². The fourth-order valence-corrected chi connectivity index (χ4v) is 3.28. The van der Waals surface area contributed by atoms with Crippen LogP contribution in [0, 0.1) is 10.1 Å². The molecule has 2 heterocycles. The molecule has 1 N–H and O–H groups in total. The number of likely N-dealkylation sites (N-methyl/N-ethyl adjacent to an activating group) is 1. The van der Waals surface area contributed by atoms with Gasteiger partial charge in [-0.25, -0.2) is 4.98 Å². The zero-order valence-electron chi connectivity index (χ0n) is 14.2. The highest BCUT2D eigenvalue weighted by Crippen LogP contribution is 2.25. The van der Waals surface area contributed by atoms with Gasteiger partial charge in [-0.3, -0.25) is 15.0 Å². The van der Waals surface area contributed by atoms with Crippen molar-refractivity contribution >= 4 is 11.5 Å². The Kier molecular flexibility index (Phi) is 4.96. The van der Waals surface area contributed by atoms with E-state index in [2.05, 4.69) is 22.0 Å². The summed E-state index contributed by atoms with van der Waals surface area (Å²) >= 11 is 0. The minimum absolute atomic E-state index is 0.0363. The van der Waals surface area contributed by atoms with E-state index in [-0.39, 0.29) is 5.69 Å². The number of aromatic nitrogens is 1. The van der Waals surface area contributed by atoms with Crippen molar-refractivity contribution in [3.63, 3.8) is 0 Å². The summed E-state index contributed by atoms with van der Waals surface area (Å²) in [6.45, 7) is 2.69. The first-order valence-corrected chi connectivity index (χ1v) is 8.25. The van der Waals surface area contributed by atoms with Crippen molar-refractivity contribution in [3.8, 4) is 0 Å². The number of anilines is 1. The summed E-state index contributed by atoms with van der Waals surface area (Å²) in [6, 6.07) is 13.2. The van der Waals surface area contributed by atoms with Gasteiger partial charge >= 0.3 is 0 Å². The standard InChI is InChI=1S/C18H22N4O3/c1-20(17-8-7-16(11-19-17)22(24)25)13-18(23)9-10-21(14-18)12-15-5-3-2-4-6-15/h2-8,11,23H,9-10,12-14H2,1H3. The second-order valence-corrected chi connectivity index (χ2v) is 6.66. The second-order valence-electron chi connectivity index (χ2n) is 6.66. The predicted octanol–water partition coefficient (Wildman–Crippen LogP) is 2.06. The number of likely N-dealkylation sites (tertiary alicyclic amines) is 1. The highest BCUT2D eigenvalue weighted by atomic mass is 16.6. The molecule has 7 heteroatoms. The Morgan fingerprint density at radius 2 is 2.08 bits per heavy atom. The third-order valence-corrected chi connectivity index (χ3v) is 4.53. The second kappa shape index (κ2) is 7.16. The van der Waals surface area contributed by atoms with E-state index >= 15 is 0 Å². The van der Waals surface area contributed by atoms with Crippen molar-refractivity contribution in [2.24, 2.45) is 0 Å². The molecule has 1 aliphatic heterocycles. The van der Waals surface area contributed by atoms with Gasteiger partial charge in [0.2, 0.25) is 0 Å². The first-order chi connectivity index (χ1) is 12.0. The highest BCUT2D eigenvalue weighted by Gasteiger charge is 2.37. The lowest BCUT2D eigenvalue weighted by Crippen LogP contribution is -2.44. The Morgan fingerprint density at radius 3 is 2.72 bits per heavy atom. The van der Waals surface area contributed by atoms with Crippen molar-refractivity contribution in [1.29, 1.82) is 0 Å². The van der Waals surface area contributed by atoms with Crippen LogP contribution in [0.25, 0.3) is 0 Å². The molecule has 25 heavy (non-hydrogen) atoms. The van der Waals surface area contributed by atoms with E-state index < -0.39 is 10.5 Å². The van der Waals surface area contributed by atoms with Crippen LogP contribution in [0.4, 0.5) is 11.5 Å². The topological polar surface area (TPSA) is 82.7 Å². The van der Waals surface area contributed by atoms with E-state index in [1.807, 2.05) is 30.1 Å². The van der Waals surface area contributed by atoms with E-state index in [9.17, 15) is 15.2 Å². The van der Waals surface area contributed by atoms with E-state index in [0.717, 1.165) is 13.1 Å². The fraction of sp³-hybridized carbons (Fsp3) is 0.389. The lowest BCUT2D eigenvalue weighted by molar-refractivity contribution is -0.385. The van der Waals surface area contributed by atoms with Crippen molar-refractivity contribution in [3.05, 3.63) is 64.3 Å². The number of rotatable bonds is 6. The summed E-state index contributed by atoms with van der Waals surface area (Å²) in [5.41, 5.74) is 0.385. The zero-order valence-corrected chi connectivity index (χ0v) is 14.2. The summed E-state index contributed by atoms with van der Waals surface area (Å²) in [4.78, 5) is 18.4. The fourth-order valence-electron chi connectivity index (χ4n) is 3.28. The van der Waals surface area contributed by atoms with Crippen LogP contribution in [0.3, 0.4) is 0 Å². The van der Waals surface area contributed by atoms with Crippen molar-refractivity contribution in [2.45, 2.75) is 18.6 Å². The number of pyridine rings is 1. The number of hydrogen-bond acceptors (Lipinski definition) is 6. The van der Waals surface area contributed by atoms with Crippen LogP contribution in [0.5, 0.6) is 0 Å². The predicted molar refractivity (Wildman–Crippen MR) is 95.4 cm³/mol. The normalized spacial score (nSPS) is 20.6. The number of β-amino-alcohol motifs (C(OH)–C–C–N with tert-alkyl or cyclic N) is 1. The summed E-state index contributed by atoms with van der Waals surface area (Å²) < 4.78 is 0. The molecular formula is C18H22N4O3. The number of hydrogen-bond donors (Lipinski definition) is 1. The highest BCUT2D eigenvalue weighted by molar-refractivity contribution is 5.42. The van der Waals surface area contributed by atoms with Gasteiger partial charge in [-0.2, -0.15) is 0 Å². The average molecular weight is 342 g/mol. The lowest BCUT2D eigenvalue weighted by atomic mass is 10.0. The Balaban J connectivity index is 1.59. The van der Waals surface area contributed by atoms with Gasteiger partial charge in [0.1, 0.15) is 12.0 Å². The summed E-state index contributed by atoms with van der Waals surface area (Å²) in [5.74, 6) is 0.612. The quantitative estimate of drug-likeness (QED) is 0.639. The molecule has 1 saturated heterocycles. The molecule has 0 aliphatic carbocycles. The van der Waals surface area contributed by atoms with Crippen LogP contribution < -0.4 is 4.90 Å². The van der Waals surface area contributed by atoms with E-state index in [4.69, 9.17) is 0 Å². The summed E-state index contributed by atoms with van der Waals surface area (Å²) in [7, 11) is 1.84. The van der Waals surface area contributed by atoms with Gasteiger partial charge < -0.3 is 10.0 Å². The van der Waals surface area contributed by atoms with Crippen LogP contribution in [0.1, 0.15) is 12.0 Å². The van der Waals surface area contributed by atoms with Crippen LogP contribution in [-0.2, 0) is 6.54 Å². The molecule has 1 aromatic carbocycles. The molecule has 1 fully saturated rings. The van der Waals surface area contributed by atoms with Gasteiger partial charge in [0.05, 0.1) is 10.5 Å². The SMILES string of the molecule is CN(CC1(O)CCN(Cc2ccccc2)C1)c1ccc([N+](=O)[O-])cn1. The molecule has 0 saturated carbocycles. The van der Waals surface area contributed by atoms with E-state index in [0.29, 0.717) is 25.3 Å². The molecular weight excluding hydrogens is 320 g/mol. The van der Waals surface area contributed by atoms with Gasteiger partial charge in [-0.1, -0.05) is 30.3 Å². The lowest BCUT2D eigenvalue weighted by Gasteiger charge is -2.29. The Labute approximate surface area is 146 Å². The largest absolute Gasteiger partial charge is 0.387 e. The van der Waals surface area contributed by atoms with Crippen molar-refractivity contribution in [2.75, 3.05) is 31.6 Å². The number of nitro groups is 1. The monoisotopic (exact) mass is 342 g/mol. The third-order valence-electron chi connectivity index (χ3n) is 4.53. The molecule has 0 spiro atoms. The summed E-state index contributed by atoms with van der Waals surface area (Å²) in [6.07, 6.45) is 1.93. The molecule has 0 bridgehead atoms. The zero-order chi connectivity index (χ0) is 17.9. The first kappa shape index (κ1) is 17.3. The Hall–Kier alpha value is -2.51. The molecule has 1 unspecified atom stereocenters. The number of aliphatic hydroxyl groups is 1. The Morgan fingerprint density at radius 1 is 1.32 bits per heavy atom. The Bertz CT molecular complexity index is 723. The molecule has 1 aliphatic rings. The molecule has 2 aromatic rings. The van der Waals surface area contributed by atoms with Gasteiger partial charge in [-0.05, 0) is 18.1 Å². The molecule has 132 valence electrons. The maximum Gasteiger partial charge on any atom is 0.287 e.